The Morgan fingerprint density at radius 2 is 1.73 bits per heavy atom. The van der Waals surface area contributed by atoms with Crippen molar-refractivity contribution in [3.8, 4) is 0 Å². The van der Waals surface area contributed by atoms with Crippen LogP contribution in [0.15, 0.2) is 0 Å². The summed E-state index contributed by atoms with van der Waals surface area (Å²) < 4.78 is 0. The normalized spacial score (nSPS) is 66.0. The van der Waals surface area contributed by atoms with Crippen LogP contribution in [0.25, 0.3) is 0 Å². The average molecular weight is 152 g/mol. The summed E-state index contributed by atoms with van der Waals surface area (Å²) in [4.78, 5) is 0. The van der Waals surface area contributed by atoms with Gasteiger partial charge in [-0.15, -0.1) is 0 Å². The molecule has 2 unspecified atom stereocenters. The SMILES string of the molecule is CC12CC3CC1CC(C2)C3O. The van der Waals surface area contributed by atoms with Crippen molar-refractivity contribution >= 4 is 0 Å². The molecule has 0 saturated heterocycles. The summed E-state index contributed by atoms with van der Waals surface area (Å²) in [5, 5.41) is 9.82. The predicted octanol–water partition coefficient (Wildman–Crippen LogP) is 1.80. The van der Waals surface area contributed by atoms with Gasteiger partial charge < -0.3 is 5.11 Å². The molecule has 4 fully saturated rings. The van der Waals surface area contributed by atoms with Crippen molar-refractivity contribution in [2.24, 2.45) is 23.2 Å². The Morgan fingerprint density at radius 1 is 1.18 bits per heavy atom. The van der Waals surface area contributed by atoms with E-state index in [1.54, 1.807) is 0 Å². The first kappa shape index (κ1) is 6.47. The molecule has 0 aromatic heterocycles. The molecule has 0 amide bonds. The minimum absolute atomic E-state index is 0.0711. The van der Waals surface area contributed by atoms with Crippen LogP contribution in [-0.2, 0) is 0 Å². The second kappa shape index (κ2) is 1.66. The highest BCUT2D eigenvalue weighted by Crippen LogP contribution is 2.64. The van der Waals surface area contributed by atoms with Crippen LogP contribution in [0, 0.1) is 23.2 Å². The smallest absolute Gasteiger partial charge is 0.0597 e. The fourth-order valence-corrected chi connectivity index (χ4v) is 4.08. The maximum absolute atomic E-state index is 9.82. The molecule has 11 heavy (non-hydrogen) atoms. The highest BCUT2D eigenvalue weighted by molar-refractivity contribution is 5.08. The van der Waals surface area contributed by atoms with E-state index in [1.807, 2.05) is 0 Å². The minimum atomic E-state index is 0.0711. The first-order valence-corrected chi connectivity index (χ1v) is 4.87. The summed E-state index contributed by atoms with van der Waals surface area (Å²) in [5.41, 5.74) is 0.647. The van der Waals surface area contributed by atoms with E-state index in [0.29, 0.717) is 17.3 Å². The van der Waals surface area contributed by atoms with Gasteiger partial charge in [0.1, 0.15) is 0 Å². The number of rotatable bonds is 0. The molecule has 4 rings (SSSR count). The standard InChI is InChI=1S/C10H16O/c1-10-4-6-2-8(10)3-7(5-10)9(6)11/h6-9,11H,2-5H2,1H3. The lowest BCUT2D eigenvalue weighted by atomic mass is 9.75. The lowest BCUT2D eigenvalue weighted by molar-refractivity contribution is 0.0119. The second-order valence-corrected chi connectivity index (χ2v) is 5.24. The van der Waals surface area contributed by atoms with Crippen molar-refractivity contribution in [3.63, 3.8) is 0 Å². The molecular weight excluding hydrogens is 136 g/mol. The largest absolute Gasteiger partial charge is 0.393 e. The van der Waals surface area contributed by atoms with Gasteiger partial charge >= 0.3 is 0 Å². The maximum atomic E-state index is 9.82. The molecule has 4 aliphatic rings. The molecular formula is C10H16O. The molecule has 0 aromatic rings. The van der Waals surface area contributed by atoms with Gasteiger partial charge in [-0.25, -0.2) is 0 Å². The Hall–Kier alpha value is -0.0400. The third-order valence-electron chi connectivity index (χ3n) is 4.58. The monoisotopic (exact) mass is 152 g/mol. The molecule has 1 nitrogen and oxygen atoms in total. The van der Waals surface area contributed by atoms with E-state index in [-0.39, 0.29) is 6.10 Å². The fourth-order valence-electron chi connectivity index (χ4n) is 4.08. The molecule has 2 atom stereocenters. The molecule has 0 radical (unpaired) electrons. The van der Waals surface area contributed by atoms with Crippen molar-refractivity contribution in [2.45, 2.75) is 38.7 Å². The summed E-state index contributed by atoms with van der Waals surface area (Å²) in [5.74, 6) is 2.33. The van der Waals surface area contributed by atoms with E-state index < -0.39 is 0 Å². The first-order valence-electron chi connectivity index (χ1n) is 4.87. The van der Waals surface area contributed by atoms with Crippen LogP contribution in [0.2, 0.25) is 0 Å². The van der Waals surface area contributed by atoms with E-state index in [4.69, 9.17) is 0 Å². The Balaban J connectivity index is 2.02. The van der Waals surface area contributed by atoms with Crippen molar-refractivity contribution < 1.29 is 5.11 Å². The molecule has 0 aromatic carbocycles. The van der Waals surface area contributed by atoms with E-state index in [9.17, 15) is 5.11 Å². The van der Waals surface area contributed by atoms with E-state index >= 15 is 0 Å². The van der Waals surface area contributed by atoms with Crippen LogP contribution in [-0.4, -0.2) is 11.2 Å². The molecule has 0 aliphatic heterocycles. The third-order valence-corrected chi connectivity index (χ3v) is 4.58. The maximum Gasteiger partial charge on any atom is 0.0597 e. The van der Waals surface area contributed by atoms with Gasteiger partial charge in [-0.05, 0) is 48.9 Å². The zero-order valence-corrected chi connectivity index (χ0v) is 7.09. The number of aliphatic hydroxyl groups excluding tert-OH is 1. The molecule has 4 saturated carbocycles. The zero-order valence-electron chi connectivity index (χ0n) is 7.09. The zero-order chi connectivity index (χ0) is 7.64. The minimum Gasteiger partial charge on any atom is -0.393 e. The van der Waals surface area contributed by atoms with Gasteiger partial charge in [0.25, 0.3) is 0 Å². The van der Waals surface area contributed by atoms with Crippen LogP contribution in [0.5, 0.6) is 0 Å². The highest BCUT2D eigenvalue weighted by atomic mass is 16.3. The van der Waals surface area contributed by atoms with E-state index in [2.05, 4.69) is 6.92 Å². The van der Waals surface area contributed by atoms with Gasteiger partial charge in [-0.1, -0.05) is 6.92 Å². The Bertz CT molecular complexity index is 183. The third kappa shape index (κ3) is 0.618. The van der Waals surface area contributed by atoms with Gasteiger partial charge in [0.2, 0.25) is 0 Å². The number of hydrogen-bond acceptors (Lipinski definition) is 1. The van der Waals surface area contributed by atoms with Gasteiger partial charge in [0.05, 0.1) is 6.10 Å². The Kier molecular flexibility index (Phi) is 0.976. The van der Waals surface area contributed by atoms with Crippen LogP contribution >= 0.6 is 0 Å². The van der Waals surface area contributed by atoms with E-state index in [1.165, 1.54) is 25.7 Å². The number of hydrogen-bond donors (Lipinski definition) is 1. The Labute approximate surface area is 67.8 Å². The summed E-state index contributed by atoms with van der Waals surface area (Å²) in [6.45, 7) is 2.43. The lowest BCUT2D eigenvalue weighted by Gasteiger charge is -2.33. The van der Waals surface area contributed by atoms with Crippen molar-refractivity contribution in [1.82, 2.24) is 0 Å². The van der Waals surface area contributed by atoms with Gasteiger partial charge in [0, 0.05) is 0 Å². The van der Waals surface area contributed by atoms with Crippen molar-refractivity contribution in [2.75, 3.05) is 0 Å². The topological polar surface area (TPSA) is 20.2 Å². The van der Waals surface area contributed by atoms with Crippen molar-refractivity contribution in [1.29, 1.82) is 0 Å². The van der Waals surface area contributed by atoms with Crippen molar-refractivity contribution in [3.05, 3.63) is 0 Å². The molecule has 1 N–H and O–H groups in total. The van der Waals surface area contributed by atoms with Crippen LogP contribution in [0.4, 0.5) is 0 Å². The molecule has 0 heterocycles. The first-order chi connectivity index (χ1) is 5.19. The lowest BCUT2D eigenvalue weighted by Crippen LogP contribution is -2.33. The number of aliphatic hydroxyl groups is 1. The second-order valence-electron chi connectivity index (χ2n) is 5.24. The molecule has 4 aliphatic carbocycles. The average Bonchev–Trinajstić information content (AvgIpc) is 2.31. The summed E-state index contributed by atoms with van der Waals surface area (Å²) >= 11 is 0. The Morgan fingerprint density at radius 3 is 2.18 bits per heavy atom. The van der Waals surface area contributed by atoms with Crippen LogP contribution < -0.4 is 0 Å². The van der Waals surface area contributed by atoms with Crippen LogP contribution in [0.1, 0.15) is 32.6 Å². The van der Waals surface area contributed by atoms with Gasteiger partial charge in [0.15, 0.2) is 0 Å². The highest BCUT2D eigenvalue weighted by Gasteiger charge is 2.58. The fraction of sp³-hybridized carbons (Fsp3) is 1.00. The predicted molar refractivity (Wildman–Crippen MR) is 43.1 cm³/mol. The van der Waals surface area contributed by atoms with Crippen LogP contribution in [0.3, 0.4) is 0 Å². The summed E-state index contributed by atoms with van der Waals surface area (Å²) in [7, 11) is 0. The quantitative estimate of drug-likeness (QED) is 0.561. The molecule has 4 bridgehead atoms. The molecule has 1 heteroatoms. The summed E-state index contributed by atoms with van der Waals surface area (Å²) in [6, 6.07) is 0. The van der Waals surface area contributed by atoms with E-state index in [0.717, 1.165) is 5.92 Å². The molecule has 0 spiro atoms. The summed E-state index contributed by atoms with van der Waals surface area (Å²) in [6.07, 6.45) is 5.36. The molecule has 62 valence electrons. The van der Waals surface area contributed by atoms with Gasteiger partial charge in [-0.3, -0.25) is 0 Å². The van der Waals surface area contributed by atoms with Gasteiger partial charge in [-0.2, -0.15) is 0 Å².